The van der Waals surface area contributed by atoms with Gasteiger partial charge >= 0.3 is 0 Å². The normalized spacial score (nSPS) is 11.1. The third-order valence-electron chi connectivity index (χ3n) is 2.52. The molecule has 0 spiro atoms. The lowest BCUT2D eigenvalue weighted by Crippen LogP contribution is -2.18. The van der Waals surface area contributed by atoms with Gasteiger partial charge in [-0.05, 0) is 36.6 Å². The summed E-state index contributed by atoms with van der Waals surface area (Å²) in [5.74, 6) is 5.38. The van der Waals surface area contributed by atoms with Crippen LogP contribution >= 0.6 is 11.8 Å². The molecule has 1 aromatic heterocycles. The summed E-state index contributed by atoms with van der Waals surface area (Å²) in [4.78, 5) is 4.84. The first-order valence-electron chi connectivity index (χ1n) is 5.65. The van der Waals surface area contributed by atoms with Gasteiger partial charge in [0.25, 0.3) is 10.0 Å². The second kappa shape index (κ2) is 6.12. The van der Waals surface area contributed by atoms with E-state index in [1.165, 1.54) is 30.1 Å². The number of sulfonamides is 1. The summed E-state index contributed by atoms with van der Waals surface area (Å²) >= 11 is 1.53. The highest BCUT2D eigenvalue weighted by Crippen LogP contribution is 2.23. The molecule has 1 heterocycles. The monoisotopic (exact) mass is 310 g/mol. The Hall–Kier alpha value is -1.77. The smallest absolute Gasteiger partial charge is 0.265 e. The molecule has 0 saturated heterocycles. The number of hydrogen-bond donors (Lipinski definition) is 3. The Morgan fingerprint density at radius 1 is 1.25 bits per heavy atom. The number of anilines is 2. The first-order chi connectivity index (χ1) is 9.56. The minimum atomic E-state index is -3.75. The average Bonchev–Trinajstić information content (AvgIpc) is 2.47. The maximum Gasteiger partial charge on any atom is 0.265 e. The summed E-state index contributed by atoms with van der Waals surface area (Å²) in [6.07, 6.45) is 3.38. The molecule has 20 heavy (non-hydrogen) atoms. The number of nitrogens with two attached hydrogens (primary N) is 1. The molecule has 106 valence electrons. The van der Waals surface area contributed by atoms with E-state index in [0.29, 0.717) is 5.69 Å². The maximum atomic E-state index is 12.3. The minimum absolute atomic E-state index is 0.00273. The van der Waals surface area contributed by atoms with E-state index in [9.17, 15) is 8.42 Å². The molecule has 2 aromatic rings. The summed E-state index contributed by atoms with van der Waals surface area (Å²) in [5.41, 5.74) is 2.77. The van der Waals surface area contributed by atoms with Crippen molar-refractivity contribution in [1.82, 2.24) is 4.98 Å². The molecule has 0 bridgehead atoms. The molecule has 8 heteroatoms. The molecule has 0 aliphatic rings. The molecule has 0 aliphatic carbocycles. The van der Waals surface area contributed by atoms with Crippen LogP contribution in [0.2, 0.25) is 0 Å². The van der Waals surface area contributed by atoms with E-state index in [2.05, 4.69) is 15.1 Å². The Kier molecular flexibility index (Phi) is 4.48. The van der Waals surface area contributed by atoms with Crippen molar-refractivity contribution in [2.45, 2.75) is 9.79 Å². The van der Waals surface area contributed by atoms with Gasteiger partial charge in [0.2, 0.25) is 0 Å². The summed E-state index contributed by atoms with van der Waals surface area (Å²) in [6.45, 7) is 0. The zero-order valence-corrected chi connectivity index (χ0v) is 12.3. The number of rotatable bonds is 5. The standard InChI is InChI=1S/C12H14N4O2S2/c1-19-10-5-2-4-9(8-10)16-20(17,18)11-6-3-7-14-12(11)15-13/h2-8,16H,13H2,1H3,(H,14,15). The molecule has 6 nitrogen and oxygen atoms in total. The first kappa shape index (κ1) is 14.6. The van der Waals surface area contributed by atoms with Crippen LogP contribution in [0.4, 0.5) is 11.5 Å². The fraction of sp³-hybridized carbons (Fsp3) is 0.0833. The van der Waals surface area contributed by atoms with Crippen LogP contribution in [-0.2, 0) is 10.0 Å². The number of aromatic nitrogens is 1. The molecule has 0 atom stereocenters. The fourth-order valence-electron chi connectivity index (χ4n) is 1.61. The third-order valence-corrected chi connectivity index (χ3v) is 4.66. The first-order valence-corrected chi connectivity index (χ1v) is 8.36. The van der Waals surface area contributed by atoms with Gasteiger partial charge < -0.3 is 5.43 Å². The molecule has 0 unspecified atom stereocenters. The van der Waals surface area contributed by atoms with Crippen molar-refractivity contribution in [3.63, 3.8) is 0 Å². The van der Waals surface area contributed by atoms with Gasteiger partial charge in [0.15, 0.2) is 5.82 Å². The number of thioether (sulfide) groups is 1. The summed E-state index contributed by atoms with van der Waals surface area (Å²) < 4.78 is 27.2. The third kappa shape index (κ3) is 3.21. The summed E-state index contributed by atoms with van der Waals surface area (Å²) in [7, 11) is -3.75. The molecule has 0 saturated carbocycles. The van der Waals surface area contributed by atoms with E-state index in [1.807, 2.05) is 12.3 Å². The second-order valence-corrected chi connectivity index (χ2v) is 6.36. The van der Waals surface area contributed by atoms with Crippen molar-refractivity contribution in [3.05, 3.63) is 42.6 Å². The lowest BCUT2D eigenvalue weighted by molar-refractivity contribution is 0.601. The second-order valence-electron chi connectivity index (χ2n) is 3.83. The van der Waals surface area contributed by atoms with Gasteiger partial charge in [-0.1, -0.05) is 6.07 Å². The summed E-state index contributed by atoms with van der Waals surface area (Å²) in [6, 6.07) is 10.1. The fourth-order valence-corrected chi connectivity index (χ4v) is 3.24. The largest absolute Gasteiger partial charge is 0.307 e. The number of nitrogen functional groups attached to an aromatic ring is 1. The lowest BCUT2D eigenvalue weighted by Gasteiger charge is -2.11. The quantitative estimate of drug-likeness (QED) is 0.443. The van der Waals surface area contributed by atoms with Crippen LogP contribution < -0.4 is 16.0 Å². The topological polar surface area (TPSA) is 97.1 Å². The van der Waals surface area contributed by atoms with Crippen molar-refractivity contribution in [3.8, 4) is 0 Å². The average molecular weight is 310 g/mol. The molecule has 2 rings (SSSR count). The van der Waals surface area contributed by atoms with E-state index in [1.54, 1.807) is 18.2 Å². The van der Waals surface area contributed by atoms with Gasteiger partial charge in [-0.25, -0.2) is 19.2 Å². The number of nitrogens with one attached hydrogen (secondary N) is 2. The highest BCUT2D eigenvalue weighted by atomic mass is 32.2. The van der Waals surface area contributed by atoms with Crippen LogP contribution in [-0.4, -0.2) is 19.7 Å². The Bertz CT molecular complexity index is 704. The Morgan fingerprint density at radius 3 is 2.75 bits per heavy atom. The molecule has 4 N–H and O–H groups in total. The van der Waals surface area contributed by atoms with Gasteiger partial charge in [-0.3, -0.25) is 4.72 Å². The van der Waals surface area contributed by atoms with Gasteiger partial charge in [-0.2, -0.15) is 0 Å². The van der Waals surface area contributed by atoms with Gasteiger partial charge in [-0.15, -0.1) is 11.8 Å². The molecular formula is C12H14N4O2S2. The van der Waals surface area contributed by atoms with E-state index in [-0.39, 0.29) is 10.7 Å². The van der Waals surface area contributed by atoms with E-state index < -0.39 is 10.0 Å². The zero-order chi connectivity index (χ0) is 14.6. The van der Waals surface area contributed by atoms with Crippen LogP contribution in [0.5, 0.6) is 0 Å². The number of nitrogens with zero attached hydrogens (tertiary/aromatic N) is 1. The SMILES string of the molecule is CSc1cccc(NS(=O)(=O)c2cccnc2NN)c1. The Labute approximate surface area is 121 Å². The minimum Gasteiger partial charge on any atom is -0.307 e. The zero-order valence-electron chi connectivity index (χ0n) is 10.7. The van der Waals surface area contributed by atoms with Crippen molar-refractivity contribution in [2.24, 2.45) is 5.84 Å². The number of pyridine rings is 1. The molecule has 0 amide bonds. The van der Waals surface area contributed by atoms with Gasteiger partial charge in [0, 0.05) is 16.8 Å². The lowest BCUT2D eigenvalue weighted by atomic mass is 10.3. The number of benzene rings is 1. The van der Waals surface area contributed by atoms with Crippen LogP contribution in [0.3, 0.4) is 0 Å². The van der Waals surface area contributed by atoms with Crippen LogP contribution in [0.25, 0.3) is 0 Å². The molecule has 0 radical (unpaired) electrons. The van der Waals surface area contributed by atoms with Crippen LogP contribution in [0.15, 0.2) is 52.4 Å². The highest BCUT2D eigenvalue weighted by molar-refractivity contribution is 7.98. The molecule has 0 aliphatic heterocycles. The molecule has 1 aromatic carbocycles. The Balaban J connectivity index is 2.35. The highest BCUT2D eigenvalue weighted by Gasteiger charge is 2.19. The predicted octanol–water partition coefficient (Wildman–Crippen LogP) is 1.89. The van der Waals surface area contributed by atoms with E-state index in [0.717, 1.165) is 4.90 Å². The van der Waals surface area contributed by atoms with Crippen molar-refractivity contribution < 1.29 is 8.42 Å². The van der Waals surface area contributed by atoms with Gasteiger partial charge in [0.1, 0.15) is 4.90 Å². The molecule has 0 fully saturated rings. The van der Waals surface area contributed by atoms with Gasteiger partial charge in [0.05, 0.1) is 0 Å². The number of hydrogen-bond acceptors (Lipinski definition) is 6. The molecular weight excluding hydrogens is 296 g/mol. The van der Waals surface area contributed by atoms with E-state index >= 15 is 0 Å². The van der Waals surface area contributed by atoms with Crippen molar-refractivity contribution in [2.75, 3.05) is 16.4 Å². The maximum absolute atomic E-state index is 12.3. The number of hydrazine groups is 1. The predicted molar refractivity (Wildman–Crippen MR) is 81.1 cm³/mol. The van der Waals surface area contributed by atoms with Crippen LogP contribution in [0, 0.1) is 0 Å². The van der Waals surface area contributed by atoms with Crippen LogP contribution in [0.1, 0.15) is 0 Å². The Morgan fingerprint density at radius 2 is 2.05 bits per heavy atom. The van der Waals surface area contributed by atoms with Crippen molar-refractivity contribution in [1.29, 1.82) is 0 Å². The van der Waals surface area contributed by atoms with Crippen molar-refractivity contribution >= 4 is 33.3 Å². The van der Waals surface area contributed by atoms with E-state index in [4.69, 9.17) is 5.84 Å². The summed E-state index contributed by atoms with van der Waals surface area (Å²) in [5, 5.41) is 0.